The molecule has 2 aliphatic rings. The number of rotatable bonds is 15. The number of anilines is 1. The number of carbonyl (C=O) groups is 2. The van der Waals surface area contributed by atoms with E-state index in [0.29, 0.717) is 5.69 Å². The maximum Gasteiger partial charge on any atom is 0.475 e. The predicted molar refractivity (Wildman–Crippen MR) is 153 cm³/mol. The van der Waals surface area contributed by atoms with E-state index in [-0.39, 0.29) is 18.8 Å². The third-order valence-corrected chi connectivity index (χ3v) is 8.53. The summed E-state index contributed by atoms with van der Waals surface area (Å²) in [6.07, 6.45) is -13.8. The van der Waals surface area contributed by atoms with Gasteiger partial charge in [0, 0.05) is 31.8 Å². The van der Waals surface area contributed by atoms with Crippen molar-refractivity contribution in [1.29, 1.82) is 0 Å². The second-order valence-electron chi connectivity index (χ2n) is 11.1. The molecule has 2 aromatic rings. The molecular weight excluding hydrogens is 689 g/mol. The van der Waals surface area contributed by atoms with Crippen LogP contribution in [0.4, 0.5) is 5.82 Å². The zero-order valence-electron chi connectivity index (χ0n) is 25.2. The number of ether oxygens (including phenoxy) is 2. The zero-order valence-corrected chi connectivity index (χ0v) is 26.1. The second-order valence-corrected chi connectivity index (χ2v) is 12.4. The summed E-state index contributed by atoms with van der Waals surface area (Å²) in [6, 6.07) is -0.523. The first-order valence-corrected chi connectivity index (χ1v) is 15.9. The third kappa shape index (κ3) is 8.82. The molecule has 25 heteroatoms. The van der Waals surface area contributed by atoms with E-state index in [4.69, 9.17) is 29.4 Å². The van der Waals surface area contributed by atoms with Crippen LogP contribution in [0.5, 0.6) is 0 Å². The molecule has 24 nitrogen and oxygen atoms in total. The molecule has 2 aliphatic heterocycles. The van der Waals surface area contributed by atoms with Crippen molar-refractivity contribution in [3.63, 3.8) is 0 Å². The van der Waals surface area contributed by atoms with Gasteiger partial charge in [-0.1, -0.05) is 5.21 Å². The third-order valence-electron chi connectivity index (χ3n) is 7.53. The lowest BCUT2D eigenvalue weighted by atomic mass is 9.88. The van der Waals surface area contributed by atoms with Gasteiger partial charge in [0.15, 0.2) is 6.23 Å². The monoisotopic (exact) mass is 725 g/mol. The summed E-state index contributed by atoms with van der Waals surface area (Å²) in [6.45, 7) is -2.93. The number of aliphatic carboxylic acids is 1. The minimum Gasteiger partial charge on any atom is -0.477 e. The van der Waals surface area contributed by atoms with Crippen LogP contribution >= 0.6 is 7.82 Å². The van der Waals surface area contributed by atoms with Crippen LogP contribution in [0.3, 0.4) is 0 Å². The molecule has 4 heterocycles. The zero-order chi connectivity index (χ0) is 36.3. The highest BCUT2D eigenvalue weighted by molar-refractivity contribution is 7.47. The number of amides is 1. The van der Waals surface area contributed by atoms with Crippen molar-refractivity contribution in [3.8, 4) is 0 Å². The fourth-order valence-corrected chi connectivity index (χ4v) is 6.06. The summed E-state index contributed by atoms with van der Waals surface area (Å²) in [5.41, 5.74) is 4.81. The van der Waals surface area contributed by atoms with Crippen LogP contribution in [0, 0.1) is 0 Å². The lowest BCUT2D eigenvalue weighted by Gasteiger charge is -2.46. The minimum absolute atomic E-state index is 0.138. The normalized spacial score (nSPS) is 31.1. The average Bonchev–Trinajstić information content (AvgIpc) is 3.59. The van der Waals surface area contributed by atoms with Crippen molar-refractivity contribution in [2.75, 3.05) is 25.6 Å². The predicted octanol–water partition coefficient (Wildman–Crippen LogP) is -6.47. The fraction of sp³-hybridized carbons (Fsp3) is 0.667. The van der Waals surface area contributed by atoms with E-state index in [1.54, 1.807) is 0 Å². The van der Waals surface area contributed by atoms with E-state index < -0.39 is 112 Å². The lowest BCUT2D eigenvalue weighted by molar-refractivity contribution is -0.289. The van der Waals surface area contributed by atoms with Gasteiger partial charge in [-0.2, -0.15) is 4.98 Å². The molecule has 0 radical (unpaired) electrons. The molecule has 0 aromatic carbocycles. The van der Waals surface area contributed by atoms with Gasteiger partial charge in [-0.3, -0.25) is 13.9 Å². The van der Waals surface area contributed by atoms with E-state index >= 15 is 0 Å². The van der Waals surface area contributed by atoms with E-state index in [1.807, 2.05) is 0 Å². The molecule has 12 N–H and O–H groups in total. The number of nitrogens with two attached hydrogens (primary N) is 1. The van der Waals surface area contributed by atoms with E-state index in [9.17, 15) is 59.6 Å². The number of phosphoric acid groups is 1. The highest BCUT2D eigenvalue weighted by Gasteiger charge is 2.59. The number of carbonyl (C=O) groups excluding carboxylic acids is 1. The number of phosphoric ester groups is 1. The molecule has 0 bridgehead atoms. The van der Waals surface area contributed by atoms with Gasteiger partial charge >= 0.3 is 19.5 Å². The van der Waals surface area contributed by atoms with Crippen LogP contribution < -0.4 is 16.7 Å². The van der Waals surface area contributed by atoms with Crippen molar-refractivity contribution in [2.45, 2.75) is 80.2 Å². The van der Waals surface area contributed by atoms with Crippen molar-refractivity contribution in [2.24, 2.45) is 0 Å². The van der Waals surface area contributed by atoms with Crippen molar-refractivity contribution >= 4 is 25.5 Å². The Labute approximate surface area is 274 Å². The number of nitrogens with one attached hydrogen (secondary N) is 1. The van der Waals surface area contributed by atoms with Crippen molar-refractivity contribution in [1.82, 2.24) is 29.9 Å². The summed E-state index contributed by atoms with van der Waals surface area (Å²) >= 11 is 0. The van der Waals surface area contributed by atoms with Gasteiger partial charge in [-0.05, 0) is 6.07 Å². The minimum atomic E-state index is -5.60. The molecule has 0 spiro atoms. The molecule has 274 valence electrons. The Balaban J connectivity index is 1.49. The summed E-state index contributed by atoms with van der Waals surface area (Å²) < 4.78 is 35.3. The smallest absolute Gasteiger partial charge is 0.475 e. The number of nitrogens with zero attached hydrogens (tertiary/aromatic N) is 5. The highest BCUT2D eigenvalue weighted by atomic mass is 31.2. The van der Waals surface area contributed by atoms with Crippen LogP contribution in [0.15, 0.2) is 23.3 Å². The maximum atomic E-state index is 13.0. The lowest BCUT2D eigenvalue weighted by Crippen LogP contribution is -2.68. The SMILES string of the molecule is Nc1ccn([C@@H]2O[C@H](COP(=O)(O)O[C@@]3(C(=O)O)C[C@H](O)[C@@H](NC(=O)Cn4cc(CCO)nn4)[C@H]([C@H](O)[C@H](O)CO)O3)[C@@H](O)[C@H]2O)c(=O)n1. The van der Waals surface area contributed by atoms with Crippen LogP contribution in [-0.4, -0.2) is 157 Å². The Morgan fingerprint density at radius 1 is 1.22 bits per heavy atom. The molecule has 2 fully saturated rings. The van der Waals surface area contributed by atoms with Gasteiger partial charge in [0.25, 0.3) is 5.79 Å². The molecule has 1 amide bonds. The maximum absolute atomic E-state index is 13.0. The summed E-state index contributed by atoms with van der Waals surface area (Å²) in [5, 5.41) is 90.8. The van der Waals surface area contributed by atoms with Crippen LogP contribution in [-0.2, 0) is 45.6 Å². The number of aliphatic hydroxyl groups is 7. The molecule has 1 unspecified atom stereocenters. The van der Waals surface area contributed by atoms with Crippen molar-refractivity contribution < 1.29 is 78.4 Å². The number of hydrogen-bond donors (Lipinski definition) is 11. The Hall–Kier alpha value is -3.49. The topological polar surface area (TPSA) is 374 Å². The quantitative estimate of drug-likeness (QED) is 0.0760. The summed E-state index contributed by atoms with van der Waals surface area (Å²) in [5.74, 6) is -6.47. The molecular formula is C24H36N7O17P. The van der Waals surface area contributed by atoms with Crippen molar-refractivity contribution in [3.05, 3.63) is 34.6 Å². The Kier molecular flexibility index (Phi) is 12.2. The van der Waals surface area contributed by atoms with Gasteiger partial charge in [0.1, 0.15) is 49.0 Å². The van der Waals surface area contributed by atoms with Crippen LogP contribution in [0.1, 0.15) is 18.3 Å². The molecule has 0 aliphatic carbocycles. The molecule has 2 saturated heterocycles. The van der Waals surface area contributed by atoms with Gasteiger partial charge < -0.3 is 66.3 Å². The van der Waals surface area contributed by atoms with E-state index in [1.165, 1.54) is 12.3 Å². The number of nitrogen functional groups attached to an aromatic ring is 1. The molecule has 11 atom stereocenters. The van der Waals surface area contributed by atoms with E-state index in [0.717, 1.165) is 15.4 Å². The number of carboxylic acid groups (broad SMARTS) is 1. The number of aromatic nitrogens is 5. The number of hydrogen-bond acceptors (Lipinski definition) is 19. The van der Waals surface area contributed by atoms with Crippen LogP contribution in [0.2, 0.25) is 0 Å². The van der Waals surface area contributed by atoms with Gasteiger partial charge in [0.05, 0.1) is 31.1 Å². The first kappa shape index (κ1) is 38.3. The molecule has 4 rings (SSSR count). The fourth-order valence-electron chi connectivity index (χ4n) is 5.11. The number of aliphatic hydroxyl groups excluding tert-OH is 7. The Morgan fingerprint density at radius 2 is 1.94 bits per heavy atom. The number of carboxylic acids is 1. The van der Waals surface area contributed by atoms with E-state index in [2.05, 4.69) is 20.6 Å². The summed E-state index contributed by atoms with van der Waals surface area (Å²) in [7, 11) is -5.60. The molecule has 0 saturated carbocycles. The van der Waals surface area contributed by atoms with Gasteiger partial charge in [0.2, 0.25) is 5.91 Å². The highest BCUT2D eigenvalue weighted by Crippen LogP contribution is 2.51. The summed E-state index contributed by atoms with van der Waals surface area (Å²) in [4.78, 5) is 51.3. The van der Waals surface area contributed by atoms with Crippen LogP contribution in [0.25, 0.3) is 0 Å². The standard InChI is InChI=1S/C24H36N7O17P/c25-14-1-3-31(23(42)26-14)21-19(39)18(38)13(46-21)9-45-49(43,44)48-24(22(40)41)5-11(34)16(20(47-24)17(37)12(35)8-33)27-15(36)7-30-6-10(2-4-32)28-29-30/h1,3,6,11-13,16-21,32-35,37-39H,2,4-5,7-9H2,(H,27,36)(H,40,41)(H,43,44)(H2,25,26,42)/t11-,12+,13+,16+,17+,18+,19+,20+,21+,24+/m0/s1. The average molecular weight is 726 g/mol. The first-order chi connectivity index (χ1) is 23.0. The Morgan fingerprint density at radius 3 is 2.57 bits per heavy atom. The Bertz CT molecular complexity index is 1580. The second kappa shape index (κ2) is 15.6. The largest absolute Gasteiger partial charge is 0.477 e. The first-order valence-electron chi connectivity index (χ1n) is 14.4. The van der Waals surface area contributed by atoms with Gasteiger partial charge in [-0.25, -0.2) is 23.4 Å². The molecule has 2 aromatic heterocycles. The van der Waals surface area contributed by atoms with Gasteiger partial charge in [-0.15, -0.1) is 5.10 Å². The molecule has 49 heavy (non-hydrogen) atoms.